The lowest BCUT2D eigenvalue weighted by Crippen LogP contribution is -2.48. The van der Waals surface area contributed by atoms with Crippen molar-refractivity contribution >= 4 is 5.91 Å². The fourth-order valence-electron chi connectivity index (χ4n) is 4.90. The lowest BCUT2D eigenvalue weighted by Gasteiger charge is -2.40. The topological polar surface area (TPSA) is 74.0 Å². The van der Waals surface area contributed by atoms with Gasteiger partial charge in [-0.3, -0.25) is 14.5 Å². The molecule has 0 radical (unpaired) electrons. The van der Waals surface area contributed by atoms with Gasteiger partial charge in [-0.05, 0) is 57.5 Å². The summed E-state index contributed by atoms with van der Waals surface area (Å²) in [6.45, 7) is 5.18. The highest BCUT2D eigenvalue weighted by Crippen LogP contribution is 2.39. The molecule has 0 unspecified atom stereocenters. The molecule has 4 atom stereocenters. The van der Waals surface area contributed by atoms with Gasteiger partial charge in [0, 0.05) is 31.3 Å². The van der Waals surface area contributed by atoms with Crippen LogP contribution in [0.3, 0.4) is 0 Å². The van der Waals surface area contributed by atoms with Gasteiger partial charge in [-0.1, -0.05) is 0 Å². The normalized spacial score (nSPS) is 32.8. The molecule has 1 aliphatic carbocycles. The number of likely N-dealkylation sites (tertiary alicyclic amines) is 2. The predicted molar refractivity (Wildman–Crippen MR) is 92.4 cm³/mol. The molecule has 1 saturated carbocycles. The summed E-state index contributed by atoms with van der Waals surface area (Å²) in [4.78, 5) is 28.6. The molecule has 0 spiro atoms. The molecule has 2 aliphatic heterocycles. The van der Waals surface area contributed by atoms with Gasteiger partial charge in [0.2, 0.25) is 0 Å². The first-order valence-corrected chi connectivity index (χ1v) is 9.34. The maximum atomic E-state index is 12.7. The van der Waals surface area contributed by atoms with E-state index in [1.54, 1.807) is 11.8 Å². The first-order chi connectivity index (χ1) is 12.0. The summed E-state index contributed by atoms with van der Waals surface area (Å²) in [6, 6.07) is 2.90. The molecule has 6 nitrogen and oxygen atoms in total. The highest BCUT2D eigenvalue weighted by Gasteiger charge is 2.45. The molecule has 0 bridgehead atoms. The van der Waals surface area contributed by atoms with Crippen molar-refractivity contribution in [2.75, 3.05) is 26.2 Å². The van der Waals surface area contributed by atoms with Crippen LogP contribution in [-0.2, 0) is 0 Å². The van der Waals surface area contributed by atoms with E-state index in [-0.39, 0.29) is 29.2 Å². The van der Waals surface area contributed by atoms with Crippen LogP contribution in [0.5, 0.6) is 0 Å². The Morgan fingerprint density at radius 2 is 1.84 bits per heavy atom. The average Bonchev–Trinajstić information content (AvgIpc) is 3.21. The second-order valence-electron chi connectivity index (χ2n) is 7.85. The smallest absolute Gasteiger partial charge is 0.289 e. The Hall–Kier alpha value is -1.66. The zero-order valence-corrected chi connectivity index (χ0v) is 14.7. The summed E-state index contributed by atoms with van der Waals surface area (Å²) in [6.07, 6.45) is 3.84. The number of carbonyl (C=O) groups is 1. The van der Waals surface area contributed by atoms with Crippen LogP contribution in [-0.4, -0.2) is 59.1 Å². The van der Waals surface area contributed by atoms with Crippen molar-refractivity contribution < 1.29 is 14.3 Å². The Labute approximate surface area is 147 Å². The van der Waals surface area contributed by atoms with Gasteiger partial charge < -0.3 is 14.4 Å². The van der Waals surface area contributed by atoms with Crippen LogP contribution in [0.25, 0.3) is 0 Å². The minimum atomic E-state index is -0.300. The van der Waals surface area contributed by atoms with Crippen LogP contribution in [0, 0.1) is 18.8 Å². The van der Waals surface area contributed by atoms with E-state index in [0.717, 1.165) is 25.9 Å². The fourth-order valence-corrected chi connectivity index (χ4v) is 4.90. The summed E-state index contributed by atoms with van der Waals surface area (Å²) in [5.41, 5.74) is -0.201. The number of amides is 1. The minimum absolute atomic E-state index is 0.125. The monoisotopic (exact) mass is 346 g/mol. The Bertz CT molecular complexity index is 710. The molecule has 1 N–H and O–H groups in total. The second-order valence-corrected chi connectivity index (χ2v) is 7.85. The first kappa shape index (κ1) is 16.8. The van der Waals surface area contributed by atoms with E-state index in [4.69, 9.17) is 4.42 Å². The predicted octanol–water partition coefficient (Wildman–Crippen LogP) is 1.26. The Kier molecular flexibility index (Phi) is 4.41. The molecule has 0 aromatic carbocycles. The Morgan fingerprint density at radius 3 is 2.52 bits per heavy atom. The van der Waals surface area contributed by atoms with Gasteiger partial charge in [0.15, 0.2) is 11.2 Å². The molecule has 136 valence electrons. The van der Waals surface area contributed by atoms with Crippen molar-refractivity contribution in [3.63, 3.8) is 0 Å². The number of aliphatic hydroxyl groups is 1. The van der Waals surface area contributed by atoms with Crippen LogP contribution in [0.1, 0.15) is 42.0 Å². The van der Waals surface area contributed by atoms with E-state index < -0.39 is 0 Å². The van der Waals surface area contributed by atoms with Crippen LogP contribution in [0.2, 0.25) is 0 Å². The quantitative estimate of drug-likeness (QED) is 0.873. The summed E-state index contributed by atoms with van der Waals surface area (Å²) < 4.78 is 5.46. The lowest BCUT2D eigenvalue weighted by atomic mass is 9.77. The zero-order chi connectivity index (χ0) is 17.6. The van der Waals surface area contributed by atoms with Gasteiger partial charge in [-0.25, -0.2) is 0 Å². The summed E-state index contributed by atoms with van der Waals surface area (Å²) >= 11 is 0. The first-order valence-electron chi connectivity index (χ1n) is 9.34. The number of rotatable bonds is 2. The van der Waals surface area contributed by atoms with Gasteiger partial charge in [0.25, 0.3) is 5.91 Å². The molecule has 1 aromatic heterocycles. The maximum Gasteiger partial charge on any atom is 0.289 e. The van der Waals surface area contributed by atoms with Crippen molar-refractivity contribution in [1.29, 1.82) is 0 Å². The van der Waals surface area contributed by atoms with Gasteiger partial charge in [0.1, 0.15) is 5.76 Å². The molecule has 2 saturated heterocycles. The average molecular weight is 346 g/mol. The second kappa shape index (κ2) is 6.57. The summed E-state index contributed by atoms with van der Waals surface area (Å²) in [7, 11) is 0. The standard InChI is InChI=1S/C19H26N2O4/c1-12-6-15(22)9-18(25-12)19(24)21-10-13-7-16(20-4-2-3-5-20)17(23)8-14(13)11-21/h6,9,13-14,16-17,23H,2-5,7-8,10-11H2,1H3/t13-,14+,16-,17-/m1/s1. The molecule has 1 aromatic rings. The molecule has 4 rings (SSSR count). The van der Waals surface area contributed by atoms with Gasteiger partial charge in [-0.2, -0.15) is 0 Å². The van der Waals surface area contributed by atoms with Crippen molar-refractivity contribution in [3.05, 3.63) is 33.9 Å². The highest BCUT2D eigenvalue weighted by atomic mass is 16.3. The van der Waals surface area contributed by atoms with Crippen LogP contribution in [0.15, 0.2) is 21.3 Å². The van der Waals surface area contributed by atoms with Crippen molar-refractivity contribution in [1.82, 2.24) is 9.80 Å². The van der Waals surface area contributed by atoms with E-state index in [9.17, 15) is 14.7 Å². The number of carbonyl (C=O) groups excluding carboxylic acids is 1. The molecular formula is C19H26N2O4. The molecule has 3 heterocycles. The molecule has 6 heteroatoms. The molecule has 1 amide bonds. The van der Waals surface area contributed by atoms with E-state index in [1.165, 1.54) is 25.0 Å². The van der Waals surface area contributed by atoms with E-state index in [0.29, 0.717) is 30.7 Å². The molecular weight excluding hydrogens is 320 g/mol. The Balaban J connectivity index is 1.47. The molecule has 25 heavy (non-hydrogen) atoms. The number of aryl methyl sites for hydroxylation is 1. The third-order valence-electron chi connectivity index (χ3n) is 6.11. The number of hydrogen-bond acceptors (Lipinski definition) is 5. The third-order valence-corrected chi connectivity index (χ3v) is 6.11. The van der Waals surface area contributed by atoms with Gasteiger partial charge in [0.05, 0.1) is 6.10 Å². The van der Waals surface area contributed by atoms with E-state index >= 15 is 0 Å². The minimum Gasteiger partial charge on any atom is -0.456 e. The SMILES string of the molecule is Cc1cc(=O)cc(C(=O)N2C[C@H]3C[C@@H](N4CCCC4)[C@H](O)C[C@H]3C2)o1. The zero-order valence-electron chi connectivity index (χ0n) is 14.7. The van der Waals surface area contributed by atoms with Gasteiger partial charge in [-0.15, -0.1) is 0 Å². The Morgan fingerprint density at radius 1 is 1.16 bits per heavy atom. The van der Waals surface area contributed by atoms with Crippen LogP contribution >= 0.6 is 0 Å². The van der Waals surface area contributed by atoms with Gasteiger partial charge >= 0.3 is 0 Å². The van der Waals surface area contributed by atoms with Crippen molar-refractivity contribution in [3.8, 4) is 0 Å². The number of fused-ring (bicyclic) bond motifs is 1. The summed E-state index contributed by atoms with van der Waals surface area (Å²) in [5.74, 6) is 1.14. The van der Waals surface area contributed by atoms with Crippen molar-refractivity contribution in [2.45, 2.75) is 44.8 Å². The molecule has 3 aliphatic rings. The van der Waals surface area contributed by atoms with E-state index in [2.05, 4.69) is 4.90 Å². The lowest BCUT2D eigenvalue weighted by molar-refractivity contribution is -0.000864. The van der Waals surface area contributed by atoms with Crippen LogP contribution in [0.4, 0.5) is 0 Å². The highest BCUT2D eigenvalue weighted by molar-refractivity contribution is 5.91. The largest absolute Gasteiger partial charge is 0.456 e. The number of aliphatic hydroxyl groups excluding tert-OH is 1. The summed E-state index contributed by atoms with van der Waals surface area (Å²) in [5, 5.41) is 10.6. The molecule has 3 fully saturated rings. The maximum absolute atomic E-state index is 12.7. The third kappa shape index (κ3) is 3.25. The fraction of sp³-hybridized carbons (Fsp3) is 0.684. The van der Waals surface area contributed by atoms with Crippen LogP contribution < -0.4 is 5.43 Å². The van der Waals surface area contributed by atoms with E-state index in [1.807, 2.05) is 0 Å². The number of hydrogen-bond donors (Lipinski definition) is 1. The van der Waals surface area contributed by atoms with Crippen molar-refractivity contribution in [2.24, 2.45) is 11.8 Å². The number of nitrogens with zero attached hydrogens (tertiary/aromatic N) is 2.